The molecule has 1 aromatic heterocycles. The summed E-state index contributed by atoms with van der Waals surface area (Å²) >= 11 is 6.23. The summed E-state index contributed by atoms with van der Waals surface area (Å²) in [7, 11) is 3.29. The van der Waals surface area contributed by atoms with E-state index in [0.717, 1.165) is 55.5 Å². The van der Waals surface area contributed by atoms with Gasteiger partial charge < -0.3 is 14.8 Å². The Morgan fingerprint density at radius 1 is 0.871 bits per heavy atom. The Labute approximate surface area is 187 Å². The van der Waals surface area contributed by atoms with E-state index in [1.807, 2.05) is 43.3 Å². The molecule has 0 unspecified atom stereocenters. The topological polar surface area (TPSA) is 56.3 Å². The van der Waals surface area contributed by atoms with Crippen LogP contribution in [0.1, 0.15) is 16.8 Å². The molecule has 6 heteroatoms. The van der Waals surface area contributed by atoms with Crippen LogP contribution in [0, 0.1) is 13.8 Å². The van der Waals surface area contributed by atoms with Crippen LogP contribution in [0.5, 0.6) is 11.5 Å². The van der Waals surface area contributed by atoms with Crippen LogP contribution in [0.25, 0.3) is 21.9 Å². The van der Waals surface area contributed by atoms with Crippen molar-refractivity contribution in [3.05, 3.63) is 76.4 Å². The van der Waals surface area contributed by atoms with Gasteiger partial charge in [-0.25, -0.2) is 0 Å². The zero-order valence-corrected chi connectivity index (χ0v) is 18.7. The van der Waals surface area contributed by atoms with Gasteiger partial charge in [0.15, 0.2) is 5.82 Å². The number of benzene rings is 3. The van der Waals surface area contributed by atoms with Crippen molar-refractivity contribution in [3.8, 4) is 22.6 Å². The van der Waals surface area contributed by atoms with Crippen molar-refractivity contribution >= 4 is 28.2 Å². The molecular formula is C25H24ClN3O2. The average molecular weight is 434 g/mol. The number of hydrogen-bond acceptors (Lipinski definition) is 5. The van der Waals surface area contributed by atoms with Gasteiger partial charge in [0.05, 0.1) is 19.9 Å². The third-order valence-corrected chi connectivity index (χ3v) is 5.65. The first-order valence-corrected chi connectivity index (χ1v) is 10.4. The number of rotatable bonds is 6. The fraction of sp³-hybridized carbons (Fsp3) is 0.200. The monoisotopic (exact) mass is 433 g/mol. The quantitative estimate of drug-likeness (QED) is 0.392. The molecule has 0 atom stereocenters. The summed E-state index contributed by atoms with van der Waals surface area (Å²) in [4.78, 5) is 0. The van der Waals surface area contributed by atoms with Gasteiger partial charge in [-0.1, -0.05) is 23.7 Å². The first-order valence-electron chi connectivity index (χ1n) is 9.98. The molecule has 1 heterocycles. The molecule has 0 spiro atoms. The Morgan fingerprint density at radius 2 is 1.71 bits per heavy atom. The zero-order valence-electron chi connectivity index (χ0n) is 18.0. The fourth-order valence-electron chi connectivity index (χ4n) is 3.66. The van der Waals surface area contributed by atoms with Crippen LogP contribution >= 0.6 is 11.6 Å². The van der Waals surface area contributed by atoms with E-state index in [1.165, 1.54) is 5.56 Å². The molecule has 4 rings (SSSR count). The smallest absolute Gasteiger partial charge is 0.156 e. The molecule has 1 N–H and O–H groups in total. The number of fused-ring (bicyclic) bond motifs is 1. The largest absolute Gasteiger partial charge is 0.497 e. The zero-order chi connectivity index (χ0) is 22.0. The molecule has 0 saturated carbocycles. The molecule has 0 fully saturated rings. The maximum atomic E-state index is 6.23. The van der Waals surface area contributed by atoms with Crippen molar-refractivity contribution in [1.29, 1.82) is 0 Å². The first kappa shape index (κ1) is 20.9. The number of methoxy groups -OCH3 is 2. The number of nitrogens with zero attached hydrogens (tertiary/aromatic N) is 2. The highest BCUT2D eigenvalue weighted by atomic mass is 35.5. The number of aryl methyl sites for hydroxylation is 2. The average Bonchev–Trinajstić information content (AvgIpc) is 2.80. The Morgan fingerprint density at radius 3 is 2.48 bits per heavy atom. The van der Waals surface area contributed by atoms with Gasteiger partial charge in [0.25, 0.3) is 0 Å². The van der Waals surface area contributed by atoms with E-state index < -0.39 is 0 Å². The molecule has 0 aliphatic heterocycles. The van der Waals surface area contributed by atoms with Crippen LogP contribution in [0.2, 0.25) is 5.02 Å². The Kier molecular flexibility index (Phi) is 5.96. The summed E-state index contributed by atoms with van der Waals surface area (Å²) in [5.41, 5.74) is 5.27. The number of hydrogen-bond donors (Lipinski definition) is 1. The fourth-order valence-corrected chi connectivity index (χ4v) is 3.84. The minimum atomic E-state index is 0.551. The second-order valence-corrected chi connectivity index (χ2v) is 7.82. The SMILES string of the molecule is COc1ccc(CNc2nnc(C)c3cc(-c4cc(Cl)ccc4C)ccc23)c(OC)c1. The first-order chi connectivity index (χ1) is 15.0. The van der Waals surface area contributed by atoms with Crippen LogP contribution in [0.15, 0.2) is 54.6 Å². The van der Waals surface area contributed by atoms with Gasteiger partial charge in [-0.15, -0.1) is 5.10 Å². The maximum absolute atomic E-state index is 6.23. The highest BCUT2D eigenvalue weighted by Crippen LogP contribution is 2.32. The third kappa shape index (κ3) is 4.28. The Hall–Kier alpha value is -3.31. The van der Waals surface area contributed by atoms with Gasteiger partial charge in [-0.3, -0.25) is 0 Å². The lowest BCUT2D eigenvalue weighted by atomic mass is 9.97. The van der Waals surface area contributed by atoms with Gasteiger partial charge in [0, 0.05) is 34.0 Å². The summed E-state index contributed by atoms with van der Waals surface area (Å²) in [6, 6.07) is 18.0. The normalized spacial score (nSPS) is 10.9. The van der Waals surface area contributed by atoms with E-state index in [-0.39, 0.29) is 0 Å². The van der Waals surface area contributed by atoms with E-state index >= 15 is 0 Å². The van der Waals surface area contributed by atoms with E-state index in [0.29, 0.717) is 6.54 Å². The second-order valence-electron chi connectivity index (χ2n) is 7.38. The Balaban J connectivity index is 1.69. The maximum Gasteiger partial charge on any atom is 0.156 e. The summed E-state index contributed by atoms with van der Waals surface area (Å²) in [6.45, 7) is 4.61. The van der Waals surface area contributed by atoms with Crippen LogP contribution in [-0.2, 0) is 6.54 Å². The third-order valence-electron chi connectivity index (χ3n) is 5.42. The van der Waals surface area contributed by atoms with Crippen molar-refractivity contribution in [3.63, 3.8) is 0 Å². The standard InChI is InChI=1S/C25H24ClN3O2/c1-15-5-8-19(26)12-22(15)17-7-10-21-23(11-17)16(2)28-29-25(21)27-14-18-6-9-20(30-3)13-24(18)31-4/h5-13H,14H2,1-4H3,(H,27,29). The van der Waals surface area contributed by atoms with Crippen LogP contribution in [-0.4, -0.2) is 24.4 Å². The number of aromatic nitrogens is 2. The van der Waals surface area contributed by atoms with Crippen molar-refractivity contribution in [2.45, 2.75) is 20.4 Å². The van der Waals surface area contributed by atoms with E-state index in [2.05, 4.69) is 40.6 Å². The lowest BCUT2D eigenvalue weighted by molar-refractivity contribution is 0.391. The molecule has 3 aromatic carbocycles. The number of anilines is 1. The lowest BCUT2D eigenvalue weighted by Gasteiger charge is -2.14. The summed E-state index contributed by atoms with van der Waals surface area (Å²) < 4.78 is 10.8. The number of halogens is 1. The van der Waals surface area contributed by atoms with E-state index in [9.17, 15) is 0 Å². The molecule has 0 radical (unpaired) electrons. The minimum Gasteiger partial charge on any atom is -0.497 e. The van der Waals surface area contributed by atoms with Crippen LogP contribution < -0.4 is 14.8 Å². The molecule has 31 heavy (non-hydrogen) atoms. The molecule has 0 aliphatic rings. The second kappa shape index (κ2) is 8.82. The van der Waals surface area contributed by atoms with E-state index in [4.69, 9.17) is 21.1 Å². The number of ether oxygens (including phenoxy) is 2. The predicted molar refractivity (Wildman–Crippen MR) is 126 cm³/mol. The van der Waals surface area contributed by atoms with Crippen molar-refractivity contribution < 1.29 is 9.47 Å². The molecule has 5 nitrogen and oxygen atoms in total. The Bertz CT molecular complexity index is 1260. The molecule has 0 aliphatic carbocycles. The van der Waals surface area contributed by atoms with Gasteiger partial charge in [-0.2, -0.15) is 5.10 Å². The van der Waals surface area contributed by atoms with Gasteiger partial charge in [0.1, 0.15) is 11.5 Å². The molecule has 158 valence electrons. The van der Waals surface area contributed by atoms with Crippen molar-refractivity contribution in [1.82, 2.24) is 10.2 Å². The van der Waals surface area contributed by atoms with Crippen molar-refractivity contribution in [2.24, 2.45) is 0 Å². The molecule has 0 saturated heterocycles. The van der Waals surface area contributed by atoms with Crippen LogP contribution in [0.3, 0.4) is 0 Å². The summed E-state index contributed by atoms with van der Waals surface area (Å²) in [5.74, 6) is 2.24. The molecule has 0 bridgehead atoms. The molecular weight excluding hydrogens is 410 g/mol. The van der Waals surface area contributed by atoms with E-state index in [1.54, 1.807) is 14.2 Å². The number of nitrogens with one attached hydrogen (secondary N) is 1. The lowest BCUT2D eigenvalue weighted by Crippen LogP contribution is -2.06. The minimum absolute atomic E-state index is 0.551. The van der Waals surface area contributed by atoms with Crippen LogP contribution in [0.4, 0.5) is 5.82 Å². The van der Waals surface area contributed by atoms with Gasteiger partial charge in [0.2, 0.25) is 0 Å². The highest BCUT2D eigenvalue weighted by molar-refractivity contribution is 6.30. The summed E-state index contributed by atoms with van der Waals surface area (Å²) in [6.07, 6.45) is 0. The molecule has 4 aromatic rings. The van der Waals surface area contributed by atoms with Crippen molar-refractivity contribution in [2.75, 3.05) is 19.5 Å². The summed E-state index contributed by atoms with van der Waals surface area (Å²) in [5, 5.41) is 15.0. The van der Waals surface area contributed by atoms with Gasteiger partial charge >= 0.3 is 0 Å². The molecule has 0 amide bonds. The predicted octanol–water partition coefficient (Wildman–Crippen LogP) is 6.20. The van der Waals surface area contributed by atoms with Gasteiger partial charge in [-0.05, 0) is 66.9 Å². The highest BCUT2D eigenvalue weighted by Gasteiger charge is 2.12.